The molecule has 3 heterocycles. The van der Waals surface area contributed by atoms with Gasteiger partial charge in [0.05, 0.1) is 21.3 Å². The Labute approximate surface area is 177 Å². The summed E-state index contributed by atoms with van der Waals surface area (Å²) in [6, 6.07) is 11.8. The largest absolute Gasteiger partial charge is 0.486 e. The predicted octanol–water partition coefficient (Wildman–Crippen LogP) is 5.10. The third-order valence-corrected chi connectivity index (χ3v) is 6.59. The molecule has 1 aromatic heterocycles. The van der Waals surface area contributed by atoms with Crippen LogP contribution in [-0.4, -0.2) is 35.5 Å². The second-order valence-electron chi connectivity index (χ2n) is 7.07. The summed E-state index contributed by atoms with van der Waals surface area (Å²) < 4.78 is 12.3. The van der Waals surface area contributed by atoms with Crippen LogP contribution in [0.25, 0.3) is 16.3 Å². The second kappa shape index (κ2) is 7.69. The van der Waals surface area contributed by atoms with Gasteiger partial charge in [0.1, 0.15) is 18.2 Å². The van der Waals surface area contributed by atoms with Crippen molar-refractivity contribution in [3.63, 3.8) is 0 Å². The van der Waals surface area contributed by atoms with Gasteiger partial charge in [-0.15, -0.1) is 11.3 Å². The Balaban J connectivity index is 1.36. The van der Waals surface area contributed by atoms with Crippen LogP contribution in [0.2, 0.25) is 5.02 Å². The fraction of sp³-hybridized carbons (Fsp3) is 0.273. The summed E-state index contributed by atoms with van der Waals surface area (Å²) in [5, 5.41) is 1.50. The number of thiazole rings is 1. The minimum absolute atomic E-state index is 0.0160. The fourth-order valence-corrected chi connectivity index (χ4v) is 5.20. The zero-order chi connectivity index (χ0) is 19.8. The summed E-state index contributed by atoms with van der Waals surface area (Å²) in [7, 11) is 0. The normalized spacial score (nSPS) is 18.7. The smallest absolute Gasteiger partial charge is 0.247 e. The molecule has 29 heavy (non-hydrogen) atoms. The monoisotopic (exact) mass is 426 g/mol. The zero-order valence-corrected chi connectivity index (χ0v) is 17.2. The lowest BCUT2D eigenvalue weighted by molar-refractivity contribution is -0.126. The first-order valence-electron chi connectivity index (χ1n) is 9.62. The van der Waals surface area contributed by atoms with Gasteiger partial charge >= 0.3 is 0 Å². The number of aromatic nitrogens is 1. The maximum atomic E-state index is 12.9. The summed E-state index contributed by atoms with van der Waals surface area (Å²) in [6.07, 6.45) is 5.30. The minimum Gasteiger partial charge on any atom is -0.486 e. The molecule has 0 bridgehead atoms. The van der Waals surface area contributed by atoms with Gasteiger partial charge in [0.15, 0.2) is 11.5 Å². The molecule has 0 aliphatic carbocycles. The Hall–Kier alpha value is -2.57. The van der Waals surface area contributed by atoms with Crippen LogP contribution in [0.3, 0.4) is 0 Å². The fourth-order valence-electron chi connectivity index (χ4n) is 3.81. The number of ether oxygens (including phenoxy) is 2. The van der Waals surface area contributed by atoms with E-state index in [2.05, 4.69) is 6.07 Å². The molecule has 0 N–H and O–H groups in total. The maximum Gasteiger partial charge on any atom is 0.247 e. The molecule has 1 atom stereocenters. The Bertz CT molecular complexity index is 1080. The van der Waals surface area contributed by atoms with Crippen LogP contribution in [0, 0.1) is 0 Å². The third-order valence-electron chi connectivity index (χ3n) is 5.17. The van der Waals surface area contributed by atoms with Gasteiger partial charge in [0.2, 0.25) is 5.91 Å². The molecule has 7 heteroatoms. The minimum atomic E-state index is -0.0160. The number of hydrogen-bond acceptors (Lipinski definition) is 5. The molecule has 0 spiro atoms. The van der Waals surface area contributed by atoms with E-state index in [1.54, 1.807) is 29.6 Å². The number of nitrogens with zero attached hydrogens (tertiary/aromatic N) is 2. The van der Waals surface area contributed by atoms with E-state index < -0.39 is 0 Å². The molecule has 1 fully saturated rings. The van der Waals surface area contributed by atoms with Gasteiger partial charge in [0.25, 0.3) is 0 Å². The van der Waals surface area contributed by atoms with Crippen molar-refractivity contribution in [3.05, 3.63) is 58.1 Å². The molecular formula is C22H19ClN2O3S. The molecule has 1 unspecified atom stereocenters. The van der Waals surface area contributed by atoms with Crippen LogP contribution in [0.5, 0.6) is 11.5 Å². The summed E-state index contributed by atoms with van der Waals surface area (Å²) >= 11 is 7.96. The van der Waals surface area contributed by atoms with Gasteiger partial charge in [-0.25, -0.2) is 4.98 Å². The topological polar surface area (TPSA) is 51.7 Å². The molecule has 0 radical (unpaired) electrons. The van der Waals surface area contributed by atoms with E-state index >= 15 is 0 Å². The molecule has 5 rings (SSSR count). The van der Waals surface area contributed by atoms with Crippen molar-refractivity contribution in [2.45, 2.75) is 18.9 Å². The molecule has 1 saturated heterocycles. The molecular weight excluding hydrogens is 408 g/mol. The lowest BCUT2D eigenvalue weighted by Gasteiger charge is -2.21. The van der Waals surface area contributed by atoms with E-state index in [-0.39, 0.29) is 11.9 Å². The highest BCUT2D eigenvalue weighted by Gasteiger charge is 2.31. The molecule has 2 aliphatic heterocycles. The lowest BCUT2D eigenvalue weighted by Crippen LogP contribution is -2.28. The standard InChI is InChI=1S/C22H19ClN2O3S/c23-15-12-14(13-18-21(15)28-11-10-27-18)7-8-20(26)25-9-3-5-17(25)22-24-16-4-1-2-6-19(16)29-22/h1-2,4,6-8,12-13,17H,3,5,9-11H2/b8-7+. The molecule has 3 aromatic rings. The van der Waals surface area contributed by atoms with Crippen molar-refractivity contribution < 1.29 is 14.3 Å². The van der Waals surface area contributed by atoms with Crippen molar-refractivity contribution >= 4 is 45.1 Å². The number of likely N-dealkylation sites (tertiary alicyclic amines) is 1. The highest BCUT2D eigenvalue weighted by atomic mass is 35.5. The Morgan fingerprint density at radius 1 is 1.24 bits per heavy atom. The van der Waals surface area contributed by atoms with Gasteiger partial charge in [0, 0.05) is 12.6 Å². The first-order valence-corrected chi connectivity index (χ1v) is 10.8. The number of amides is 1. The second-order valence-corrected chi connectivity index (χ2v) is 8.54. The molecule has 148 valence electrons. The Kier molecular flexibility index (Phi) is 4.89. The van der Waals surface area contributed by atoms with Crippen molar-refractivity contribution in [3.8, 4) is 11.5 Å². The SMILES string of the molecule is O=C(/C=C/c1cc(Cl)c2c(c1)OCCO2)N1CCCC1c1nc2ccccc2s1. The number of rotatable bonds is 3. The highest BCUT2D eigenvalue weighted by molar-refractivity contribution is 7.18. The summed E-state index contributed by atoms with van der Waals surface area (Å²) in [4.78, 5) is 19.6. The molecule has 0 saturated carbocycles. The van der Waals surface area contributed by atoms with Crippen molar-refractivity contribution in [2.75, 3.05) is 19.8 Å². The summed E-state index contributed by atoms with van der Waals surface area (Å²) in [5.41, 5.74) is 1.80. The van der Waals surface area contributed by atoms with Crippen LogP contribution in [0.1, 0.15) is 29.5 Å². The number of benzene rings is 2. The highest BCUT2D eigenvalue weighted by Crippen LogP contribution is 2.39. The van der Waals surface area contributed by atoms with E-state index in [1.807, 2.05) is 29.2 Å². The lowest BCUT2D eigenvalue weighted by atomic mass is 10.1. The van der Waals surface area contributed by atoms with Gasteiger partial charge in [-0.2, -0.15) is 0 Å². The van der Waals surface area contributed by atoms with E-state index in [9.17, 15) is 4.79 Å². The number of carbonyl (C=O) groups excluding carboxylic acids is 1. The Morgan fingerprint density at radius 2 is 2.10 bits per heavy atom. The zero-order valence-electron chi connectivity index (χ0n) is 15.6. The first-order chi connectivity index (χ1) is 14.2. The quantitative estimate of drug-likeness (QED) is 0.547. The average Bonchev–Trinajstić information content (AvgIpc) is 3.38. The van der Waals surface area contributed by atoms with Crippen LogP contribution in [0.15, 0.2) is 42.5 Å². The van der Waals surface area contributed by atoms with Crippen LogP contribution in [0.4, 0.5) is 0 Å². The molecule has 2 aliphatic rings. The van der Waals surface area contributed by atoms with Gasteiger partial charge in [-0.1, -0.05) is 23.7 Å². The maximum absolute atomic E-state index is 12.9. The first kappa shape index (κ1) is 18.5. The summed E-state index contributed by atoms with van der Waals surface area (Å²) in [5.74, 6) is 1.17. The van der Waals surface area contributed by atoms with Crippen LogP contribution in [-0.2, 0) is 4.79 Å². The average molecular weight is 427 g/mol. The predicted molar refractivity (Wildman–Crippen MR) is 115 cm³/mol. The number of carbonyl (C=O) groups is 1. The van der Waals surface area contributed by atoms with E-state index in [0.29, 0.717) is 29.7 Å². The number of fused-ring (bicyclic) bond motifs is 2. The van der Waals surface area contributed by atoms with E-state index in [4.69, 9.17) is 26.1 Å². The Morgan fingerprint density at radius 3 is 3.00 bits per heavy atom. The van der Waals surface area contributed by atoms with Crippen molar-refractivity contribution in [1.29, 1.82) is 0 Å². The number of para-hydroxylation sites is 1. The molecule has 1 amide bonds. The van der Waals surface area contributed by atoms with Gasteiger partial charge in [-0.3, -0.25) is 4.79 Å². The van der Waals surface area contributed by atoms with Crippen molar-refractivity contribution in [1.82, 2.24) is 9.88 Å². The van der Waals surface area contributed by atoms with Crippen LogP contribution >= 0.6 is 22.9 Å². The van der Waals surface area contributed by atoms with E-state index in [0.717, 1.165) is 40.2 Å². The van der Waals surface area contributed by atoms with E-state index in [1.165, 1.54) is 0 Å². The third kappa shape index (κ3) is 3.58. The molecule has 2 aromatic carbocycles. The molecule has 5 nitrogen and oxygen atoms in total. The summed E-state index contributed by atoms with van der Waals surface area (Å²) in [6.45, 7) is 1.72. The van der Waals surface area contributed by atoms with Gasteiger partial charge < -0.3 is 14.4 Å². The van der Waals surface area contributed by atoms with Gasteiger partial charge in [-0.05, 0) is 48.7 Å². The number of hydrogen-bond donors (Lipinski definition) is 0. The van der Waals surface area contributed by atoms with Crippen LogP contribution < -0.4 is 9.47 Å². The number of halogens is 1. The van der Waals surface area contributed by atoms with Crippen molar-refractivity contribution in [2.24, 2.45) is 0 Å².